The lowest BCUT2D eigenvalue weighted by Crippen LogP contribution is -2.12. The van der Waals surface area contributed by atoms with Crippen molar-refractivity contribution in [2.75, 3.05) is 0 Å². The number of aryl methyl sites for hydroxylation is 2. The van der Waals surface area contributed by atoms with Crippen molar-refractivity contribution in [2.45, 2.75) is 13.8 Å². The van der Waals surface area contributed by atoms with Gasteiger partial charge in [0.1, 0.15) is 0 Å². The van der Waals surface area contributed by atoms with E-state index in [0.717, 1.165) is 23.0 Å². The van der Waals surface area contributed by atoms with Crippen LogP contribution >= 0.6 is 0 Å². The molecule has 1 aromatic heterocycles. The van der Waals surface area contributed by atoms with E-state index in [2.05, 4.69) is 0 Å². The summed E-state index contributed by atoms with van der Waals surface area (Å²) in [5, 5.41) is 8.66. The molecule has 1 N–H and O–H groups in total. The largest absolute Gasteiger partial charge is 0.478 e. The molecule has 0 amide bonds. The third-order valence-corrected chi connectivity index (χ3v) is 3.05. The number of aliphatic carboxylic acids is 1. The molecular weight excluding hydrogens is 254 g/mol. The Labute approximate surface area is 116 Å². The Bertz CT molecular complexity index is 742. The number of carboxylic acid groups (broad SMARTS) is 1. The lowest BCUT2D eigenvalue weighted by Gasteiger charge is -2.14. The van der Waals surface area contributed by atoms with Gasteiger partial charge in [0, 0.05) is 35.3 Å². The summed E-state index contributed by atoms with van der Waals surface area (Å²) in [6, 6.07) is 9.32. The Balaban J connectivity index is 2.61. The van der Waals surface area contributed by atoms with Gasteiger partial charge in [-0.05, 0) is 31.6 Å². The number of benzene rings is 1. The van der Waals surface area contributed by atoms with Gasteiger partial charge >= 0.3 is 5.97 Å². The highest BCUT2D eigenvalue weighted by atomic mass is 16.4. The summed E-state index contributed by atoms with van der Waals surface area (Å²) in [5.74, 6) is -1.08. The Morgan fingerprint density at radius 2 is 1.95 bits per heavy atom. The summed E-state index contributed by atoms with van der Waals surface area (Å²) < 4.78 is 1.89. The van der Waals surface area contributed by atoms with Gasteiger partial charge in [-0.25, -0.2) is 4.79 Å². The SMILES string of the molecule is Cc1ccccc1-n1cc(/C=C/C(=O)O)c(=O)cc1C. The van der Waals surface area contributed by atoms with Gasteiger partial charge in [-0.3, -0.25) is 4.79 Å². The average molecular weight is 269 g/mol. The number of aromatic nitrogens is 1. The van der Waals surface area contributed by atoms with E-state index in [1.165, 1.54) is 12.1 Å². The van der Waals surface area contributed by atoms with Crippen molar-refractivity contribution in [1.82, 2.24) is 4.57 Å². The zero-order valence-electron chi connectivity index (χ0n) is 11.3. The number of nitrogens with zero attached hydrogens (tertiary/aromatic N) is 1. The standard InChI is InChI=1S/C16H15NO3/c1-11-5-3-4-6-14(11)17-10-13(7-8-16(19)20)15(18)9-12(17)2/h3-10H,1-2H3,(H,19,20)/b8-7+. The van der Waals surface area contributed by atoms with Crippen LogP contribution in [0.3, 0.4) is 0 Å². The molecule has 1 heterocycles. The minimum Gasteiger partial charge on any atom is -0.478 e. The van der Waals surface area contributed by atoms with Crippen LogP contribution in [-0.2, 0) is 4.79 Å². The van der Waals surface area contributed by atoms with E-state index in [1.807, 2.05) is 42.7 Å². The number of carboxylic acids is 1. The molecule has 0 unspecified atom stereocenters. The van der Waals surface area contributed by atoms with Gasteiger partial charge in [-0.2, -0.15) is 0 Å². The van der Waals surface area contributed by atoms with Gasteiger partial charge in [0.2, 0.25) is 0 Å². The fraction of sp³-hybridized carbons (Fsp3) is 0.125. The summed E-state index contributed by atoms with van der Waals surface area (Å²) in [6.07, 6.45) is 3.95. The Hall–Kier alpha value is -2.62. The summed E-state index contributed by atoms with van der Waals surface area (Å²) in [4.78, 5) is 22.4. The minimum atomic E-state index is -1.08. The van der Waals surface area contributed by atoms with Gasteiger partial charge in [0.25, 0.3) is 0 Å². The zero-order valence-corrected chi connectivity index (χ0v) is 11.3. The summed E-state index contributed by atoms with van der Waals surface area (Å²) >= 11 is 0. The smallest absolute Gasteiger partial charge is 0.328 e. The second kappa shape index (κ2) is 5.57. The quantitative estimate of drug-likeness (QED) is 0.871. The third kappa shape index (κ3) is 2.85. The van der Waals surface area contributed by atoms with Crippen LogP contribution in [0.2, 0.25) is 0 Å². The highest BCUT2D eigenvalue weighted by Gasteiger charge is 2.05. The lowest BCUT2D eigenvalue weighted by atomic mass is 10.1. The van der Waals surface area contributed by atoms with Crippen LogP contribution in [0, 0.1) is 13.8 Å². The highest BCUT2D eigenvalue weighted by Crippen LogP contribution is 2.15. The van der Waals surface area contributed by atoms with E-state index in [-0.39, 0.29) is 5.43 Å². The first-order chi connectivity index (χ1) is 9.49. The van der Waals surface area contributed by atoms with Gasteiger partial charge in [0.15, 0.2) is 5.43 Å². The van der Waals surface area contributed by atoms with Crippen LogP contribution in [0.25, 0.3) is 11.8 Å². The van der Waals surface area contributed by atoms with Crippen LogP contribution in [0.4, 0.5) is 0 Å². The van der Waals surface area contributed by atoms with E-state index in [0.29, 0.717) is 5.56 Å². The first-order valence-electron chi connectivity index (χ1n) is 6.19. The van der Waals surface area contributed by atoms with Crippen molar-refractivity contribution in [1.29, 1.82) is 0 Å². The van der Waals surface area contributed by atoms with Crippen LogP contribution in [0.1, 0.15) is 16.8 Å². The zero-order chi connectivity index (χ0) is 14.7. The molecule has 0 radical (unpaired) electrons. The van der Waals surface area contributed by atoms with Crippen LogP contribution in [0.15, 0.2) is 47.4 Å². The first kappa shape index (κ1) is 13.8. The number of para-hydroxylation sites is 1. The molecule has 20 heavy (non-hydrogen) atoms. The second-order valence-electron chi connectivity index (χ2n) is 4.56. The monoisotopic (exact) mass is 269 g/mol. The fourth-order valence-electron chi connectivity index (χ4n) is 2.03. The molecule has 2 rings (SSSR count). The van der Waals surface area contributed by atoms with E-state index in [1.54, 1.807) is 6.20 Å². The normalized spacial score (nSPS) is 10.9. The molecule has 0 atom stereocenters. The highest BCUT2D eigenvalue weighted by molar-refractivity contribution is 5.85. The molecule has 0 saturated carbocycles. The molecular formula is C16H15NO3. The Morgan fingerprint density at radius 3 is 2.60 bits per heavy atom. The second-order valence-corrected chi connectivity index (χ2v) is 4.56. The van der Waals surface area contributed by atoms with Crippen molar-refractivity contribution < 1.29 is 9.90 Å². The summed E-state index contributed by atoms with van der Waals surface area (Å²) in [7, 11) is 0. The summed E-state index contributed by atoms with van der Waals surface area (Å²) in [6.45, 7) is 3.83. The van der Waals surface area contributed by atoms with E-state index in [9.17, 15) is 9.59 Å². The maximum absolute atomic E-state index is 11.9. The number of rotatable bonds is 3. The van der Waals surface area contributed by atoms with Gasteiger partial charge < -0.3 is 9.67 Å². The lowest BCUT2D eigenvalue weighted by molar-refractivity contribution is -0.131. The Morgan fingerprint density at radius 1 is 1.25 bits per heavy atom. The topological polar surface area (TPSA) is 59.3 Å². The third-order valence-electron chi connectivity index (χ3n) is 3.05. The molecule has 2 aromatic rings. The predicted molar refractivity (Wildman–Crippen MR) is 78.2 cm³/mol. The van der Waals surface area contributed by atoms with E-state index < -0.39 is 5.97 Å². The van der Waals surface area contributed by atoms with Crippen molar-refractivity contribution in [3.8, 4) is 5.69 Å². The maximum atomic E-state index is 11.9. The van der Waals surface area contributed by atoms with Crippen molar-refractivity contribution >= 4 is 12.0 Å². The molecule has 1 aromatic carbocycles. The first-order valence-corrected chi connectivity index (χ1v) is 6.19. The molecule has 0 spiro atoms. The van der Waals surface area contributed by atoms with Crippen molar-refractivity contribution in [3.05, 3.63) is 69.6 Å². The molecule has 4 nitrogen and oxygen atoms in total. The number of carbonyl (C=O) groups is 1. The van der Waals surface area contributed by atoms with Crippen LogP contribution in [0.5, 0.6) is 0 Å². The van der Waals surface area contributed by atoms with Gasteiger partial charge in [-0.1, -0.05) is 18.2 Å². The van der Waals surface area contributed by atoms with Crippen LogP contribution < -0.4 is 5.43 Å². The fourth-order valence-corrected chi connectivity index (χ4v) is 2.03. The van der Waals surface area contributed by atoms with Crippen LogP contribution in [-0.4, -0.2) is 15.6 Å². The van der Waals surface area contributed by atoms with Crippen molar-refractivity contribution in [3.63, 3.8) is 0 Å². The van der Waals surface area contributed by atoms with E-state index in [4.69, 9.17) is 5.11 Å². The van der Waals surface area contributed by atoms with Gasteiger partial charge in [0.05, 0.1) is 0 Å². The molecule has 0 aliphatic carbocycles. The predicted octanol–water partition coefficient (Wildman–Crippen LogP) is 2.55. The molecule has 0 aliphatic rings. The average Bonchev–Trinajstić information content (AvgIpc) is 2.39. The molecule has 0 saturated heterocycles. The summed E-state index contributed by atoms with van der Waals surface area (Å²) in [5.41, 5.74) is 3.00. The molecule has 4 heteroatoms. The maximum Gasteiger partial charge on any atom is 0.328 e. The minimum absolute atomic E-state index is 0.190. The molecule has 0 bridgehead atoms. The number of hydrogen-bond donors (Lipinski definition) is 1. The molecule has 102 valence electrons. The van der Waals surface area contributed by atoms with E-state index >= 15 is 0 Å². The molecule has 0 aliphatic heterocycles. The number of hydrogen-bond acceptors (Lipinski definition) is 2. The van der Waals surface area contributed by atoms with Crippen molar-refractivity contribution in [2.24, 2.45) is 0 Å². The number of pyridine rings is 1. The van der Waals surface area contributed by atoms with Gasteiger partial charge in [-0.15, -0.1) is 0 Å². The Kier molecular flexibility index (Phi) is 3.84. The molecule has 0 fully saturated rings.